The quantitative estimate of drug-likeness (QED) is 0.0365. The second kappa shape index (κ2) is 46.3. The lowest BCUT2D eigenvalue weighted by Crippen LogP contribution is -2.48. The van der Waals surface area contributed by atoms with E-state index in [-0.39, 0.29) is 6.61 Å². The van der Waals surface area contributed by atoms with Gasteiger partial charge in [0.1, 0.15) is 6.10 Å². The summed E-state index contributed by atoms with van der Waals surface area (Å²) < 4.78 is 0. The van der Waals surface area contributed by atoms with Crippen LogP contribution >= 0.6 is 0 Å². The maximum atomic E-state index is 12.5. The van der Waals surface area contributed by atoms with E-state index in [0.29, 0.717) is 6.42 Å². The van der Waals surface area contributed by atoms with Gasteiger partial charge in [-0.05, 0) is 51.4 Å². The smallest absolute Gasteiger partial charge is 0.249 e. The van der Waals surface area contributed by atoms with Crippen molar-refractivity contribution in [3.8, 4) is 0 Å². The fourth-order valence-electron chi connectivity index (χ4n) is 7.57. The van der Waals surface area contributed by atoms with Crippen LogP contribution in [-0.2, 0) is 4.79 Å². The van der Waals surface area contributed by atoms with Crippen LogP contribution in [0.25, 0.3) is 0 Å². The molecule has 3 atom stereocenters. The van der Waals surface area contributed by atoms with Crippen molar-refractivity contribution in [2.24, 2.45) is 0 Å². The Morgan fingerprint density at radius 3 is 1.12 bits per heavy atom. The van der Waals surface area contributed by atoms with Crippen molar-refractivity contribution >= 4 is 5.91 Å². The number of nitrogens with one attached hydrogen (secondary N) is 1. The number of carbonyl (C=O) groups excluding carboxylic acids is 1. The van der Waals surface area contributed by atoms with E-state index in [1.165, 1.54) is 199 Å². The van der Waals surface area contributed by atoms with Crippen LogP contribution < -0.4 is 5.32 Å². The normalized spacial score (nSPS) is 13.7. The van der Waals surface area contributed by atoms with E-state index in [0.717, 1.165) is 38.5 Å². The summed E-state index contributed by atoms with van der Waals surface area (Å²) in [7, 11) is 0. The number of hydrogen-bond acceptors (Lipinski definition) is 4. The first kappa shape index (κ1) is 54.6. The van der Waals surface area contributed by atoms with Crippen LogP contribution in [0.5, 0.6) is 0 Å². The Morgan fingerprint density at radius 1 is 0.446 bits per heavy atom. The predicted molar refractivity (Wildman–Crippen MR) is 245 cm³/mol. The van der Waals surface area contributed by atoms with Gasteiger partial charge in [0.05, 0.1) is 18.8 Å². The Kier molecular flexibility index (Phi) is 45.1. The van der Waals surface area contributed by atoms with Crippen LogP contribution in [0.15, 0.2) is 36.5 Å². The summed E-state index contributed by atoms with van der Waals surface area (Å²) in [6.45, 7) is 4.18. The molecule has 0 radical (unpaired) electrons. The van der Waals surface area contributed by atoms with E-state index in [2.05, 4.69) is 43.5 Å². The molecule has 0 saturated heterocycles. The zero-order chi connectivity index (χ0) is 40.8. The molecular formula is C51H97NO4. The summed E-state index contributed by atoms with van der Waals surface area (Å²) in [5.41, 5.74) is 0. The number of allylic oxidation sites excluding steroid dienone is 5. The fourth-order valence-corrected chi connectivity index (χ4v) is 7.57. The Balaban J connectivity index is 3.55. The number of hydrogen-bond donors (Lipinski definition) is 4. The van der Waals surface area contributed by atoms with Crippen molar-refractivity contribution in [3.63, 3.8) is 0 Å². The first-order chi connectivity index (χ1) is 27.6. The third kappa shape index (κ3) is 40.8. The number of amides is 1. The Labute approximate surface area is 349 Å². The maximum Gasteiger partial charge on any atom is 0.249 e. The lowest BCUT2D eigenvalue weighted by molar-refractivity contribution is -0.131. The molecule has 3 unspecified atom stereocenters. The van der Waals surface area contributed by atoms with Crippen LogP contribution in [0.2, 0.25) is 0 Å². The van der Waals surface area contributed by atoms with Crippen molar-refractivity contribution in [1.82, 2.24) is 5.32 Å². The summed E-state index contributed by atoms with van der Waals surface area (Å²) in [5, 5.41) is 33.1. The molecule has 0 aromatic rings. The SMILES string of the molecule is CCCCCCCCCCC/C=C\C/C=C\CCCCCCCCCCCCCCCCC(O)C(=O)NC(CO)C(O)/C=C/CCCCCCCCCCCC. The standard InChI is InChI=1S/C51H97NO4/c1-3-5-7-9-11-13-15-17-18-19-20-21-22-23-24-25-26-27-28-29-30-31-32-33-34-36-38-40-42-44-46-50(55)51(56)52-48(47-53)49(54)45-43-41-39-37-35-16-14-12-10-8-6-4-2/h20-21,23-24,43,45,48-50,53-55H,3-19,22,25-42,44,46-47H2,1-2H3,(H,52,56)/b21-20-,24-23-,45-43+. The molecule has 0 aliphatic rings. The lowest BCUT2D eigenvalue weighted by Gasteiger charge is -2.21. The first-order valence-electron chi connectivity index (χ1n) is 24.8. The van der Waals surface area contributed by atoms with Gasteiger partial charge in [-0.2, -0.15) is 0 Å². The van der Waals surface area contributed by atoms with Gasteiger partial charge in [0, 0.05) is 0 Å². The third-order valence-electron chi connectivity index (χ3n) is 11.5. The zero-order valence-electron chi connectivity index (χ0n) is 37.5. The van der Waals surface area contributed by atoms with Crippen molar-refractivity contribution < 1.29 is 20.1 Å². The fraction of sp³-hybridized carbons (Fsp3) is 0.863. The van der Waals surface area contributed by atoms with Crippen LogP contribution in [0.3, 0.4) is 0 Å². The van der Waals surface area contributed by atoms with Gasteiger partial charge in [0.2, 0.25) is 5.91 Å². The van der Waals surface area contributed by atoms with Gasteiger partial charge in [0.25, 0.3) is 0 Å². The highest BCUT2D eigenvalue weighted by molar-refractivity contribution is 5.80. The summed E-state index contributed by atoms with van der Waals surface area (Å²) in [6.07, 6.45) is 59.2. The van der Waals surface area contributed by atoms with Crippen molar-refractivity contribution in [3.05, 3.63) is 36.5 Å². The van der Waals surface area contributed by atoms with Gasteiger partial charge < -0.3 is 20.6 Å². The minimum absolute atomic E-state index is 0.363. The highest BCUT2D eigenvalue weighted by Gasteiger charge is 2.22. The number of rotatable bonds is 45. The molecule has 0 saturated carbocycles. The van der Waals surface area contributed by atoms with Crippen LogP contribution in [0.4, 0.5) is 0 Å². The van der Waals surface area contributed by atoms with Gasteiger partial charge in [0.15, 0.2) is 0 Å². The van der Waals surface area contributed by atoms with Gasteiger partial charge >= 0.3 is 0 Å². The van der Waals surface area contributed by atoms with E-state index in [4.69, 9.17) is 0 Å². The molecule has 56 heavy (non-hydrogen) atoms. The Bertz CT molecular complexity index is 870. The molecule has 330 valence electrons. The topological polar surface area (TPSA) is 89.8 Å². The molecule has 0 rings (SSSR count). The molecule has 0 heterocycles. The molecule has 4 N–H and O–H groups in total. The molecule has 0 fully saturated rings. The summed E-state index contributed by atoms with van der Waals surface area (Å²) >= 11 is 0. The molecule has 5 heteroatoms. The van der Waals surface area contributed by atoms with E-state index >= 15 is 0 Å². The monoisotopic (exact) mass is 788 g/mol. The van der Waals surface area contributed by atoms with Crippen molar-refractivity contribution in [2.75, 3.05) is 6.61 Å². The number of unbranched alkanes of at least 4 members (excludes halogenated alkanes) is 33. The van der Waals surface area contributed by atoms with E-state index in [9.17, 15) is 20.1 Å². The van der Waals surface area contributed by atoms with Crippen LogP contribution in [0, 0.1) is 0 Å². The van der Waals surface area contributed by atoms with Gasteiger partial charge in [-0.25, -0.2) is 0 Å². The number of carbonyl (C=O) groups is 1. The second-order valence-corrected chi connectivity index (χ2v) is 17.0. The highest BCUT2D eigenvalue weighted by atomic mass is 16.3. The molecule has 0 aliphatic heterocycles. The largest absolute Gasteiger partial charge is 0.394 e. The summed E-state index contributed by atoms with van der Waals surface area (Å²) in [4.78, 5) is 12.5. The van der Waals surface area contributed by atoms with Crippen LogP contribution in [-0.4, -0.2) is 46.1 Å². The number of aliphatic hydroxyl groups excluding tert-OH is 3. The Morgan fingerprint density at radius 2 is 0.768 bits per heavy atom. The lowest BCUT2D eigenvalue weighted by atomic mass is 10.0. The minimum atomic E-state index is -1.10. The highest BCUT2D eigenvalue weighted by Crippen LogP contribution is 2.16. The Hall–Kier alpha value is -1.43. The van der Waals surface area contributed by atoms with Gasteiger partial charge in [-0.1, -0.05) is 243 Å². The molecule has 0 aromatic heterocycles. The number of aliphatic hydroxyl groups is 3. The average molecular weight is 788 g/mol. The molecular weight excluding hydrogens is 691 g/mol. The minimum Gasteiger partial charge on any atom is -0.394 e. The molecule has 0 bridgehead atoms. The van der Waals surface area contributed by atoms with Gasteiger partial charge in [-0.15, -0.1) is 0 Å². The van der Waals surface area contributed by atoms with Crippen molar-refractivity contribution in [1.29, 1.82) is 0 Å². The van der Waals surface area contributed by atoms with E-state index in [1.807, 2.05) is 6.08 Å². The zero-order valence-corrected chi connectivity index (χ0v) is 37.5. The van der Waals surface area contributed by atoms with E-state index < -0.39 is 24.2 Å². The molecule has 1 amide bonds. The van der Waals surface area contributed by atoms with E-state index in [1.54, 1.807) is 6.08 Å². The van der Waals surface area contributed by atoms with Crippen molar-refractivity contribution in [2.45, 2.75) is 276 Å². The maximum absolute atomic E-state index is 12.5. The summed E-state index contributed by atoms with van der Waals surface area (Å²) in [6, 6.07) is -0.796. The molecule has 0 aromatic carbocycles. The average Bonchev–Trinajstić information content (AvgIpc) is 3.20. The molecule has 5 nitrogen and oxygen atoms in total. The second-order valence-electron chi connectivity index (χ2n) is 17.0. The third-order valence-corrected chi connectivity index (χ3v) is 11.5. The molecule has 0 aliphatic carbocycles. The van der Waals surface area contributed by atoms with Gasteiger partial charge in [-0.3, -0.25) is 4.79 Å². The predicted octanol–water partition coefficient (Wildman–Crippen LogP) is 14.7. The summed E-state index contributed by atoms with van der Waals surface area (Å²) in [5.74, 6) is -0.503. The first-order valence-corrected chi connectivity index (χ1v) is 24.8. The van der Waals surface area contributed by atoms with Crippen LogP contribution in [0.1, 0.15) is 258 Å². The molecule has 0 spiro atoms.